The van der Waals surface area contributed by atoms with Crippen LogP contribution < -0.4 is 19.6 Å². The van der Waals surface area contributed by atoms with Crippen LogP contribution in [-0.4, -0.2) is 29.1 Å². The maximum atomic E-state index is 5.23. The van der Waals surface area contributed by atoms with E-state index in [1.807, 2.05) is 24.3 Å². The van der Waals surface area contributed by atoms with Crippen molar-refractivity contribution in [3.05, 3.63) is 543 Å². The lowest BCUT2D eigenvalue weighted by molar-refractivity contribution is 1.17. The summed E-state index contributed by atoms with van der Waals surface area (Å²) in [6, 6.07) is 186. The molecule has 0 atom stereocenters. The first kappa shape index (κ1) is 86.2. The summed E-state index contributed by atoms with van der Waals surface area (Å²) in [4.78, 5) is 30.1. The third-order valence-corrected chi connectivity index (χ3v) is 27.3. The highest BCUT2D eigenvalue weighted by molar-refractivity contribution is 6.14. The number of benzene rings is 20. The predicted molar refractivity (Wildman–Crippen MR) is 592 cm³/mol. The summed E-state index contributed by atoms with van der Waals surface area (Å²) in [5.74, 6) is 1.41. The largest absolute Gasteiger partial charge is 0.310 e. The first-order chi connectivity index (χ1) is 70.1. The molecule has 4 heterocycles. The molecular formula is C132H96N10. The molecule has 24 aromatic rings. The van der Waals surface area contributed by atoms with E-state index in [1.165, 1.54) is 22.3 Å². The number of aromatic nitrogens is 6. The molecule has 20 aromatic carbocycles. The molecule has 10 heteroatoms. The maximum Gasteiger partial charge on any atom is 0.160 e. The van der Waals surface area contributed by atoms with Crippen LogP contribution >= 0.6 is 0 Å². The lowest BCUT2D eigenvalue weighted by Gasteiger charge is -2.26. The van der Waals surface area contributed by atoms with E-state index in [-0.39, 0.29) is 0 Å². The fourth-order valence-electron chi connectivity index (χ4n) is 20.1. The van der Waals surface area contributed by atoms with Gasteiger partial charge in [-0.3, -0.25) is 0 Å². The lowest BCUT2D eigenvalue weighted by atomic mass is 10.00. The Kier molecular flexibility index (Phi) is 22.9. The predicted octanol–water partition coefficient (Wildman–Crippen LogP) is 35.2. The van der Waals surface area contributed by atoms with E-state index in [0.717, 1.165) is 214 Å². The van der Waals surface area contributed by atoms with Crippen molar-refractivity contribution in [3.63, 3.8) is 0 Å². The zero-order valence-corrected chi connectivity index (χ0v) is 78.8. The Morgan fingerprint density at radius 3 is 0.768 bits per heavy atom. The third-order valence-electron chi connectivity index (χ3n) is 27.3. The normalized spacial score (nSPS) is 11.4. The number of aryl methyl sites for hydroxylation is 3. The summed E-state index contributed by atoms with van der Waals surface area (Å²) < 4.78 is 4.85. The SMILES string of the molecule is Cc1ccc(N(c2ccccc2)c2ccc3c(c2)c2cc(N(c4ccccc4)c4ccc(Cc5ccc(N(c6ccccc6)c6ccc7c(c6)c6cc(N(c8ccccc8)c8ccccc8)ccc6n7-c6ccc(-c7ccc(-c8cc(-c9ccccc9C)nc(-c9ccccc9C)n8)cc7)cc6)cc5)cc4)ccc2n3-c2ccc(-c3ccc(-c4cc(-c5ccccc5)nc(-c5ccccc5)n4)cc3)cc2)cc1. The molecule has 0 N–H and O–H groups in total. The van der Waals surface area contributed by atoms with Gasteiger partial charge in [0.2, 0.25) is 0 Å². The fraction of sp³-hybridized carbons (Fsp3) is 0.0303. The molecule has 674 valence electrons. The van der Waals surface area contributed by atoms with E-state index >= 15 is 0 Å². The van der Waals surface area contributed by atoms with Crippen LogP contribution in [0.1, 0.15) is 27.8 Å². The third kappa shape index (κ3) is 17.0. The number of hydrogen-bond donors (Lipinski definition) is 0. The molecule has 0 saturated carbocycles. The fourth-order valence-corrected chi connectivity index (χ4v) is 20.1. The highest BCUT2D eigenvalue weighted by atomic mass is 15.2. The van der Waals surface area contributed by atoms with Gasteiger partial charge in [-0.25, -0.2) is 19.9 Å². The second kappa shape index (κ2) is 37.8. The van der Waals surface area contributed by atoms with Gasteiger partial charge in [0.15, 0.2) is 11.6 Å². The average molecular weight is 1820 g/mol. The molecule has 0 bridgehead atoms. The second-order valence-electron chi connectivity index (χ2n) is 36.4. The average Bonchev–Trinajstić information content (AvgIpc) is 1.58. The quantitative estimate of drug-likeness (QED) is 0.0592. The first-order valence-electron chi connectivity index (χ1n) is 48.4. The van der Waals surface area contributed by atoms with E-state index in [9.17, 15) is 0 Å². The molecule has 4 aromatic heterocycles. The first-order valence-corrected chi connectivity index (χ1v) is 48.4. The monoisotopic (exact) mass is 1820 g/mol. The van der Waals surface area contributed by atoms with Crippen LogP contribution in [0.4, 0.5) is 68.2 Å². The lowest BCUT2D eigenvalue weighted by Crippen LogP contribution is -2.10. The van der Waals surface area contributed by atoms with Gasteiger partial charge >= 0.3 is 0 Å². The minimum absolute atomic E-state index is 0.693. The van der Waals surface area contributed by atoms with E-state index in [1.54, 1.807) is 0 Å². The Labute approximate surface area is 826 Å². The molecule has 0 aliphatic rings. The van der Waals surface area contributed by atoms with Crippen molar-refractivity contribution in [2.45, 2.75) is 27.2 Å². The van der Waals surface area contributed by atoms with Gasteiger partial charge in [-0.1, -0.05) is 315 Å². The minimum atomic E-state index is 0.693. The Balaban J connectivity index is 0.547. The standard InChI is InChI=1S/C132H96N10/c1-90-47-65-108(66-48-90)138(105-39-19-8-20-40-105)114-76-80-128-120(85-114)122-87-116(78-82-130(122)142(128)112-71-61-97(62-72-112)95-53-57-100(58-54-95)124-88-123(99-31-11-4-12-32-99)133-131(134-124)102-33-13-5-14-34-102)140(107-43-23-10-24-44-107)110-69-51-94(52-70-110)83-93-49-67-109(68-50-93)139(106-41-21-9-22-42-106)115-77-81-129-121(86-115)119-84-113(137(103-35-15-6-16-36-103)104-37-17-7-18-38-104)75-79-127(119)141(129)111-73-63-98(64-74-111)96-55-59-101(60-56-96)125-89-126(117-45-27-25-29-91(117)2)136-132(135-125)118-46-28-26-30-92(118)3/h4-82,84-89H,83H2,1-3H3. The molecule has 0 radical (unpaired) electrons. The molecule has 0 aliphatic carbocycles. The van der Waals surface area contributed by atoms with E-state index in [4.69, 9.17) is 19.9 Å². The summed E-state index contributed by atoms with van der Waals surface area (Å²) in [5, 5.41) is 4.52. The maximum absolute atomic E-state index is 5.23. The van der Waals surface area contributed by atoms with Crippen molar-refractivity contribution in [1.29, 1.82) is 0 Å². The van der Waals surface area contributed by atoms with Crippen molar-refractivity contribution in [3.8, 4) is 101 Å². The van der Waals surface area contributed by atoms with E-state index in [2.05, 4.69) is 541 Å². The Hall–Kier alpha value is -18.6. The van der Waals surface area contributed by atoms with Crippen LogP contribution in [0.25, 0.3) is 145 Å². The molecule has 0 amide bonds. The Bertz CT molecular complexity index is 8530. The molecule has 10 nitrogen and oxygen atoms in total. The molecule has 24 rings (SSSR count). The highest BCUT2D eigenvalue weighted by Crippen LogP contribution is 2.48. The molecule has 0 aliphatic heterocycles. The molecule has 0 saturated heterocycles. The number of rotatable bonds is 24. The summed E-state index contributed by atoms with van der Waals surface area (Å²) in [6.07, 6.45) is 0.734. The number of fused-ring (bicyclic) bond motifs is 6. The summed E-state index contributed by atoms with van der Waals surface area (Å²) in [6.45, 7) is 6.41. The number of para-hydroxylation sites is 5. The summed E-state index contributed by atoms with van der Waals surface area (Å²) in [7, 11) is 0. The Morgan fingerprint density at radius 1 is 0.183 bits per heavy atom. The van der Waals surface area contributed by atoms with E-state index < -0.39 is 0 Å². The van der Waals surface area contributed by atoms with Crippen LogP contribution in [0.5, 0.6) is 0 Å². The van der Waals surface area contributed by atoms with Crippen molar-refractivity contribution in [2.24, 2.45) is 0 Å². The molecule has 0 spiro atoms. The highest BCUT2D eigenvalue weighted by Gasteiger charge is 2.26. The van der Waals surface area contributed by atoms with Gasteiger partial charge in [-0.05, 0) is 278 Å². The van der Waals surface area contributed by atoms with Crippen molar-refractivity contribution < 1.29 is 0 Å². The van der Waals surface area contributed by atoms with Crippen molar-refractivity contribution in [1.82, 2.24) is 29.1 Å². The van der Waals surface area contributed by atoms with Gasteiger partial charge in [0.05, 0.1) is 44.8 Å². The molecule has 0 unspecified atom stereocenters. The van der Waals surface area contributed by atoms with Gasteiger partial charge in [-0.15, -0.1) is 0 Å². The van der Waals surface area contributed by atoms with Crippen LogP contribution in [0, 0.1) is 20.8 Å². The topological polar surface area (TPSA) is 74.4 Å². The zero-order valence-electron chi connectivity index (χ0n) is 78.8. The minimum Gasteiger partial charge on any atom is -0.310 e. The van der Waals surface area contributed by atoms with Crippen molar-refractivity contribution in [2.75, 3.05) is 19.6 Å². The van der Waals surface area contributed by atoms with Gasteiger partial charge < -0.3 is 28.7 Å². The van der Waals surface area contributed by atoms with Gasteiger partial charge in [0.1, 0.15) is 0 Å². The van der Waals surface area contributed by atoms with Gasteiger partial charge in [0.25, 0.3) is 0 Å². The molecule has 142 heavy (non-hydrogen) atoms. The number of hydrogen-bond acceptors (Lipinski definition) is 8. The van der Waals surface area contributed by atoms with Crippen LogP contribution in [-0.2, 0) is 6.42 Å². The van der Waals surface area contributed by atoms with Crippen LogP contribution in [0.2, 0.25) is 0 Å². The van der Waals surface area contributed by atoms with Crippen LogP contribution in [0.15, 0.2) is 516 Å². The number of anilines is 12. The van der Waals surface area contributed by atoms with E-state index in [0.29, 0.717) is 11.6 Å². The smallest absolute Gasteiger partial charge is 0.160 e. The summed E-state index contributed by atoms with van der Waals surface area (Å²) in [5.41, 5.74) is 39.3. The number of nitrogens with zero attached hydrogens (tertiary/aromatic N) is 10. The summed E-state index contributed by atoms with van der Waals surface area (Å²) >= 11 is 0. The zero-order chi connectivity index (χ0) is 94.9. The molecular weight excluding hydrogens is 1730 g/mol. The van der Waals surface area contributed by atoms with Gasteiger partial charge in [0, 0.05) is 135 Å². The van der Waals surface area contributed by atoms with Crippen molar-refractivity contribution >= 4 is 112 Å². The second-order valence-corrected chi connectivity index (χ2v) is 36.4. The van der Waals surface area contributed by atoms with Gasteiger partial charge in [-0.2, -0.15) is 0 Å². The Morgan fingerprint density at radius 2 is 0.430 bits per heavy atom. The van der Waals surface area contributed by atoms with Crippen LogP contribution in [0.3, 0.4) is 0 Å². The molecule has 0 fully saturated rings.